The van der Waals surface area contributed by atoms with E-state index in [2.05, 4.69) is 4.90 Å². The van der Waals surface area contributed by atoms with Crippen molar-refractivity contribution in [2.45, 2.75) is 37.0 Å². The number of benzene rings is 1. The maximum atomic E-state index is 12.2. The number of rotatable bonds is 4. The van der Waals surface area contributed by atoms with E-state index in [-0.39, 0.29) is 11.1 Å². The van der Waals surface area contributed by atoms with Crippen LogP contribution in [0.2, 0.25) is 0 Å². The predicted octanol–water partition coefficient (Wildman–Crippen LogP) is 3.32. The third kappa shape index (κ3) is 3.29. The molecule has 0 aliphatic carbocycles. The van der Waals surface area contributed by atoms with Crippen LogP contribution >= 0.6 is 11.6 Å². The van der Waals surface area contributed by atoms with Crippen molar-refractivity contribution in [3.63, 3.8) is 0 Å². The Hall–Kier alpha value is -0.740. The first-order valence-electron chi connectivity index (χ1n) is 7.16. The van der Waals surface area contributed by atoms with Gasteiger partial charge in [0.1, 0.15) is 0 Å². The summed E-state index contributed by atoms with van der Waals surface area (Å²) in [7, 11) is -3.18. The van der Waals surface area contributed by atoms with Gasteiger partial charge in [0.05, 0.1) is 16.3 Å². The zero-order chi connectivity index (χ0) is 14.8. The molecule has 5 heteroatoms. The first-order chi connectivity index (χ1) is 9.45. The van der Waals surface area contributed by atoms with E-state index in [9.17, 15) is 8.42 Å². The van der Waals surface area contributed by atoms with Crippen LogP contribution in [0.5, 0.6) is 0 Å². The Balaban J connectivity index is 2.23. The second-order valence-electron chi connectivity index (χ2n) is 5.37. The molecule has 1 saturated heterocycles. The summed E-state index contributed by atoms with van der Waals surface area (Å²) in [5.74, 6) is 0.669. The normalized spacial score (nSPS) is 19.1. The van der Waals surface area contributed by atoms with Crippen LogP contribution < -0.4 is 4.90 Å². The topological polar surface area (TPSA) is 37.4 Å². The van der Waals surface area contributed by atoms with Crippen molar-refractivity contribution < 1.29 is 8.42 Å². The lowest BCUT2D eigenvalue weighted by atomic mass is 9.94. The van der Waals surface area contributed by atoms with Gasteiger partial charge in [-0.25, -0.2) is 8.42 Å². The molecule has 20 heavy (non-hydrogen) atoms. The molecular weight excluding hydrogens is 294 g/mol. The summed E-state index contributed by atoms with van der Waals surface area (Å²) in [5, 5.41) is 0.187. The Kier molecular flexibility index (Phi) is 4.97. The Labute approximate surface area is 126 Å². The van der Waals surface area contributed by atoms with Gasteiger partial charge in [0, 0.05) is 18.5 Å². The summed E-state index contributed by atoms with van der Waals surface area (Å²) in [6, 6.07) is 7.32. The Morgan fingerprint density at radius 1 is 1.30 bits per heavy atom. The fourth-order valence-electron chi connectivity index (χ4n) is 2.74. The minimum Gasteiger partial charge on any atom is -0.370 e. The zero-order valence-electron chi connectivity index (χ0n) is 12.0. The molecule has 1 atom stereocenters. The molecule has 0 amide bonds. The molecule has 1 aliphatic heterocycles. The molecule has 0 bridgehead atoms. The lowest BCUT2D eigenvalue weighted by molar-refractivity contribution is 0.399. The third-order valence-electron chi connectivity index (χ3n) is 4.11. The van der Waals surface area contributed by atoms with Crippen molar-refractivity contribution in [1.82, 2.24) is 0 Å². The number of para-hydroxylation sites is 1. The number of piperidine rings is 1. The second-order valence-corrected chi connectivity index (χ2v) is 8.31. The number of hydrogen-bond donors (Lipinski definition) is 0. The number of halogens is 1. The molecule has 0 radical (unpaired) electrons. The summed E-state index contributed by atoms with van der Waals surface area (Å²) >= 11 is 6.16. The first kappa shape index (κ1) is 15.6. The van der Waals surface area contributed by atoms with Crippen LogP contribution in [-0.2, 0) is 9.84 Å². The van der Waals surface area contributed by atoms with Gasteiger partial charge in [-0.05, 0) is 37.8 Å². The number of alkyl halides is 1. The fraction of sp³-hybridized carbons (Fsp3) is 0.600. The number of anilines is 1. The molecule has 1 heterocycles. The van der Waals surface area contributed by atoms with Gasteiger partial charge in [0.15, 0.2) is 9.84 Å². The molecule has 0 N–H and O–H groups in total. The summed E-state index contributed by atoms with van der Waals surface area (Å²) in [4.78, 5) is 2.64. The number of hydrogen-bond acceptors (Lipinski definition) is 3. The first-order valence-corrected chi connectivity index (χ1v) is 9.25. The Bertz CT molecular complexity index is 549. The molecule has 1 aromatic carbocycles. The summed E-state index contributed by atoms with van der Waals surface area (Å²) in [6.07, 6.45) is 2.04. The van der Waals surface area contributed by atoms with Crippen LogP contribution in [0, 0.1) is 5.92 Å². The van der Waals surface area contributed by atoms with Gasteiger partial charge in [-0.3, -0.25) is 0 Å². The Morgan fingerprint density at radius 2 is 1.90 bits per heavy atom. The standard InChI is InChI=1S/C15H22ClNO2S/c1-3-20(18,19)15-7-5-4-6-14(15)17-10-8-13(9-11-17)12(2)16/h4-7,12-13H,3,8-11H2,1-2H3. The quantitative estimate of drug-likeness (QED) is 0.800. The molecule has 0 spiro atoms. The predicted molar refractivity (Wildman–Crippen MR) is 84.4 cm³/mol. The van der Waals surface area contributed by atoms with Gasteiger partial charge in [-0.2, -0.15) is 0 Å². The van der Waals surface area contributed by atoms with E-state index in [0.29, 0.717) is 10.8 Å². The lowest BCUT2D eigenvalue weighted by Crippen LogP contribution is -2.36. The van der Waals surface area contributed by atoms with Crippen LogP contribution in [0.15, 0.2) is 29.2 Å². The van der Waals surface area contributed by atoms with Gasteiger partial charge in [0.2, 0.25) is 0 Å². The van der Waals surface area contributed by atoms with Crippen LogP contribution in [0.3, 0.4) is 0 Å². The average Bonchev–Trinajstić information content (AvgIpc) is 2.47. The number of sulfone groups is 1. The largest absolute Gasteiger partial charge is 0.370 e. The van der Waals surface area contributed by atoms with Crippen LogP contribution in [0.1, 0.15) is 26.7 Å². The van der Waals surface area contributed by atoms with E-state index in [1.807, 2.05) is 19.1 Å². The zero-order valence-corrected chi connectivity index (χ0v) is 13.6. The molecule has 0 saturated carbocycles. The monoisotopic (exact) mass is 315 g/mol. The lowest BCUT2D eigenvalue weighted by Gasteiger charge is -2.35. The third-order valence-corrected chi connectivity index (χ3v) is 6.24. The molecule has 1 aromatic rings. The van der Waals surface area contributed by atoms with Gasteiger partial charge >= 0.3 is 0 Å². The maximum Gasteiger partial charge on any atom is 0.180 e. The van der Waals surface area contributed by atoms with Crippen molar-refractivity contribution in [2.75, 3.05) is 23.7 Å². The van der Waals surface area contributed by atoms with E-state index in [4.69, 9.17) is 11.6 Å². The second kappa shape index (κ2) is 6.35. The summed E-state index contributed by atoms with van der Waals surface area (Å²) in [5.41, 5.74) is 0.843. The van der Waals surface area contributed by atoms with E-state index >= 15 is 0 Å². The van der Waals surface area contributed by atoms with Crippen molar-refractivity contribution in [1.29, 1.82) is 0 Å². The molecule has 1 fully saturated rings. The van der Waals surface area contributed by atoms with Gasteiger partial charge in [-0.15, -0.1) is 11.6 Å². The van der Waals surface area contributed by atoms with Crippen LogP contribution in [0.25, 0.3) is 0 Å². The molecular formula is C15H22ClNO2S. The summed E-state index contributed by atoms with van der Waals surface area (Å²) < 4.78 is 24.4. The molecule has 3 nitrogen and oxygen atoms in total. The molecule has 2 rings (SSSR count). The van der Waals surface area contributed by atoms with Crippen molar-refractivity contribution >= 4 is 27.1 Å². The van der Waals surface area contributed by atoms with Gasteiger partial charge in [-0.1, -0.05) is 19.1 Å². The highest BCUT2D eigenvalue weighted by molar-refractivity contribution is 7.91. The van der Waals surface area contributed by atoms with Crippen molar-refractivity contribution in [2.24, 2.45) is 5.92 Å². The Morgan fingerprint density at radius 3 is 2.45 bits per heavy atom. The average molecular weight is 316 g/mol. The highest BCUT2D eigenvalue weighted by Crippen LogP contribution is 2.31. The SMILES string of the molecule is CCS(=O)(=O)c1ccccc1N1CCC(C(C)Cl)CC1. The highest BCUT2D eigenvalue weighted by Gasteiger charge is 2.26. The van der Waals surface area contributed by atoms with E-state index < -0.39 is 9.84 Å². The minimum absolute atomic E-state index is 0.138. The highest BCUT2D eigenvalue weighted by atomic mass is 35.5. The van der Waals surface area contributed by atoms with E-state index in [0.717, 1.165) is 31.6 Å². The van der Waals surface area contributed by atoms with Crippen LogP contribution in [-0.4, -0.2) is 32.6 Å². The smallest absolute Gasteiger partial charge is 0.180 e. The van der Waals surface area contributed by atoms with Gasteiger partial charge in [0.25, 0.3) is 0 Å². The molecule has 1 aliphatic rings. The minimum atomic E-state index is -3.18. The van der Waals surface area contributed by atoms with Crippen molar-refractivity contribution in [3.05, 3.63) is 24.3 Å². The van der Waals surface area contributed by atoms with Crippen LogP contribution in [0.4, 0.5) is 5.69 Å². The van der Waals surface area contributed by atoms with Gasteiger partial charge < -0.3 is 4.90 Å². The summed E-state index contributed by atoms with van der Waals surface area (Å²) in [6.45, 7) is 5.47. The fourth-order valence-corrected chi connectivity index (χ4v) is 4.10. The maximum absolute atomic E-state index is 12.2. The van der Waals surface area contributed by atoms with E-state index in [1.165, 1.54) is 0 Å². The van der Waals surface area contributed by atoms with E-state index in [1.54, 1.807) is 19.1 Å². The molecule has 112 valence electrons. The van der Waals surface area contributed by atoms with Crippen molar-refractivity contribution in [3.8, 4) is 0 Å². The molecule has 0 aromatic heterocycles. The number of nitrogens with zero attached hydrogens (tertiary/aromatic N) is 1. The molecule has 1 unspecified atom stereocenters.